The molecule has 0 aliphatic carbocycles. The van der Waals surface area contributed by atoms with E-state index in [0.29, 0.717) is 31.3 Å². The SMILES string of the molecule is Cc1noc(C2CCCN(C(=O)NCc3ccccc3Cn3cccn3)C2)n1. The van der Waals surface area contributed by atoms with Crippen LogP contribution in [0, 0.1) is 6.92 Å². The van der Waals surface area contributed by atoms with Crippen LogP contribution in [0.4, 0.5) is 4.79 Å². The molecule has 1 atom stereocenters. The van der Waals surface area contributed by atoms with Gasteiger partial charge in [0.25, 0.3) is 0 Å². The Balaban J connectivity index is 1.36. The van der Waals surface area contributed by atoms with E-state index in [4.69, 9.17) is 4.52 Å². The Bertz CT molecular complexity index is 920. The van der Waals surface area contributed by atoms with Gasteiger partial charge >= 0.3 is 6.03 Å². The molecule has 146 valence electrons. The molecule has 2 aromatic heterocycles. The number of urea groups is 1. The number of amides is 2. The lowest BCUT2D eigenvalue weighted by Crippen LogP contribution is -2.44. The Labute approximate surface area is 163 Å². The number of hydrogen-bond acceptors (Lipinski definition) is 5. The number of carbonyl (C=O) groups excluding carboxylic acids is 1. The highest BCUT2D eigenvalue weighted by atomic mass is 16.5. The first-order valence-corrected chi connectivity index (χ1v) is 9.56. The fourth-order valence-electron chi connectivity index (χ4n) is 3.58. The summed E-state index contributed by atoms with van der Waals surface area (Å²) in [7, 11) is 0. The summed E-state index contributed by atoms with van der Waals surface area (Å²) in [6.45, 7) is 4.31. The zero-order valence-electron chi connectivity index (χ0n) is 15.9. The zero-order valence-corrected chi connectivity index (χ0v) is 15.9. The van der Waals surface area contributed by atoms with Crippen LogP contribution in [0.3, 0.4) is 0 Å². The predicted octanol–water partition coefficient (Wildman–Crippen LogP) is 2.71. The number of aryl methyl sites for hydroxylation is 1. The second-order valence-corrected chi connectivity index (χ2v) is 7.10. The molecule has 1 aromatic carbocycles. The fourth-order valence-corrected chi connectivity index (χ4v) is 3.58. The molecule has 3 aromatic rings. The van der Waals surface area contributed by atoms with E-state index in [0.717, 1.165) is 30.5 Å². The van der Waals surface area contributed by atoms with Gasteiger partial charge in [0.15, 0.2) is 5.82 Å². The van der Waals surface area contributed by atoms with E-state index in [2.05, 4.69) is 26.6 Å². The van der Waals surface area contributed by atoms with Gasteiger partial charge in [0.05, 0.1) is 12.5 Å². The van der Waals surface area contributed by atoms with Gasteiger partial charge in [-0.15, -0.1) is 0 Å². The summed E-state index contributed by atoms with van der Waals surface area (Å²) in [6.07, 6.45) is 5.58. The maximum atomic E-state index is 12.7. The summed E-state index contributed by atoms with van der Waals surface area (Å²) in [5.41, 5.74) is 2.23. The summed E-state index contributed by atoms with van der Waals surface area (Å²) in [6, 6.07) is 9.95. The van der Waals surface area contributed by atoms with Gasteiger partial charge in [-0.05, 0) is 37.0 Å². The molecule has 28 heavy (non-hydrogen) atoms. The number of rotatable bonds is 5. The first-order valence-electron chi connectivity index (χ1n) is 9.56. The molecule has 3 heterocycles. The highest BCUT2D eigenvalue weighted by Gasteiger charge is 2.28. The fraction of sp³-hybridized carbons (Fsp3) is 0.400. The molecule has 0 radical (unpaired) electrons. The van der Waals surface area contributed by atoms with E-state index in [9.17, 15) is 4.79 Å². The molecule has 2 amide bonds. The minimum atomic E-state index is -0.0603. The van der Waals surface area contributed by atoms with E-state index in [1.807, 2.05) is 40.0 Å². The largest absolute Gasteiger partial charge is 0.339 e. The second-order valence-electron chi connectivity index (χ2n) is 7.10. The number of benzene rings is 1. The third kappa shape index (κ3) is 4.21. The molecule has 8 heteroatoms. The molecule has 1 fully saturated rings. The summed E-state index contributed by atoms with van der Waals surface area (Å²) in [4.78, 5) is 18.9. The van der Waals surface area contributed by atoms with Crippen LogP contribution in [0.1, 0.15) is 41.6 Å². The first kappa shape index (κ1) is 18.2. The van der Waals surface area contributed by atoms with Crippen molar-refractivity contribution < 1.29 is 9.32 Å². The van der Waals surface area contributed by atoms with Gasteiger partial charge in [0.2, 0.25) is 5.89 Å². The Hall–Kier alpha value is -3.16. The summed E-state index contributed by atoms with van der Waals surface area (Å²) < 4.78 is 7.18. The topological polar surface area (TPSA) is 89.1 Å². The number of nitrogens with zero attached hydrogens (tertiary/aromatic N) is 5. The van der Waals surface area contributed by atoms with Gasteiger partial charge in [0.1, 0.15) is 0 Å². The Morgan fingerprint density at radius 2 is 2.14 bits per heavy atom. The predicted molar refractivity (Wildman–Crippen MR) is 103 cm³/mol. The standard InChI is InChI=1S/C20H24N6O2/c1-15-23-19(28-24-15)18-8-4-10-25(13-18)20(27)21-12-16-6-2-3-7-17(16)14-26-11-5-9-22-26/h2-3,5-7,9,11,18H,4,8,10,12-14H2,1H3,(H,21,27). The van der Waals surface area contributed by atoms with Crippen LogP contribution in [0.25, 0.3) is 0 Å². The lowest BCUT2D eigenvalue weighted by molar-refractivity contribution is 0.171. The summed E-state index contributed by atoms with van der Waals surface area (Å²) in [5.74, 6) is 1.36. The van der Waals surface area contributed by atoms with E-state index < -0.39 is 0 Å². The lowest BCUT2D eigenvalue weighted by atomic mass is 9.98. The van der Waals surface area contributed by atoms with Crippen molar-refractivity contribution in [3.63, 3.8) is 0 Å². The van der Waals surface area contributed by atoms with Gasteiger partial charge in [-0.25, -0.2) is 4.79 Å². The maximum absolute atomic E-state index is 12.7. The van der Waals surface area contributed by atoms with Crippen LogP contribution in [0.5, 0.6) is 0 Å². The van der Waals surface area contributed by atoms with E-state index in [-0.39, 0.29) is 11.9 Å². The van der Waals surface area contributed by atoms with Gasteiger partial charge in [-0.3, -0.25) is 4.68 Å². The zero-order chi connectivity index (χ0) is 19.3. The third-order valence-corrected chi connectivity index (χ3v) is 5.04. The highest BCUT2D eigenvalue weighted by molar-refractivity contribution is 5.74. The Kier molecular flexibility index (Phi) is 5.36. The Morgan fingerprint density at radius 3 is 2.89 bits per heavy atom. The monoisotopic (exact) mass is 380 g/mol. The van der Waals surface area contributed by atoms with Gasteiger partial charge in [-0.1, -0.05) is 29.4 Å². The van der Waals surface area contributed by atoms with E-state index >= 15 is 0 Å². The van der Waals surface area contributed by atoms with Crippen LogP contribution in [0.15, 0.2) is 47.2 Å². The molecule has 1 aliphatic rings. The van der Waals surface area contributed by atoms with Crippen molar-refractivity contribution in [2.24, 2.45) is 0 Å². The van der Waals surface area contributed by atoms with Crippen molar-refractivity contribution in [2.45, 2.75) is 38.8 Å². The molecular weight excluding hydrogens is 356 g/mol. The van der Waals surface area contributed by atoms with Crippen LogP contribution < -0.4 is 5.32 Å². The van der Waals surface area contributed by atoms with Crippen molar-refractivity contribution in [2.75, 3.05) is 13.1 Å². The van der Waals surface area contributed by atoms with Crippen LogP contribution >= 0.6 is 0 Å². The van der Waals surface area contributed by atoms with Gasteiger partial charge in [0, 0.05) is 32.0 Å². The normalized spacial score (nSPS) is 16.9. The molecule has 1 N–H and O–H groups in total. The summed E-state index contributed by atoms with van der Waals surface area (Å²) >= 11 is 0. The van der Waals surface area contributed by atoms with Crippen molar-refractivity contribution in [1.82, 2.24) is 30.1 Å². The van der Waals surface area contributed by atoms with Crippen molar-refractivity contribution in [3.8, 4) is 0 Å². The third-order valence-electron chi connectivity index (χ3n) is 5.04. The number of likely N-dealkylation sites (tertiary alicyclic amines) is 1. The van der Waals surface area contributed by atoms with Crippen molar-refractivity contribution in [3.05, 3.63) is 65.6 Å². The molecule has 0 spiro atoms. The minimum absolute atomic E-state index is 0.0603. The second kappa shape index (κ2) is 8.24. The number of piperidine rings is 1. The maximum Gasteiger partial charge on any atom is 0.317 e. The number of nitrogens with one attached hydrogen (secondary N) is 1. The number of carbonyl (C=O) groups is 1. The van der Waals surface area contributed by atoms with Crippen LogP contribution in [-0.2, 0) is 13.1 Å². The number of aromatic nitrogens is 4. The number of hydrogen-bond donors (Lipinski definition) is 1. The van der Waals surface area contributed by atoms with E-state index in [1.165, 1.54) is 0 Å². The molecule has 4 rings (SSSR count). The van der Waals surface area contributed by atoms with Crippen molar-refractivity contribution >= 4 is 6.03 Å². The highest BCUT2D eigenvalue weighted by Crippen LogP contribution is 2.25. The molecule has 1 aliphatic heterocycles. The molecule has 8 nitrogen and oxygen atoms in total. The van der Waals surface area contributed by atoms with Gasteiger partial charge < -0.3 is 14.7 Å². The lowest BCUT2D eigenvalue weighted by Gasteiger charge is -2.31. The average molecular weight is 380 g/mol. The molecule has 0 saturated carbocycles. The molecule has 1 saturated heterocycles. The molecular formula is C20H24N6O2. The molecule has 0 bridgehead atoms. The van der Waals surface area contributed by atoms with Crippen LogP contribution in [0.2, 0.25) is 0 Å². The Morgan fingerprint density at radius 1 is 1.29 bits per heavy atom. The minimum Gasteiger partial charge on any atom is -0.339 e. The summed E-state index contributed by atoms with van der Waals surface area (Å²) in [5, 5.41) is 11.2. The first-order chi connectivity index (χ1) is 13.7. The molecule has 1 unspecified atom stereocenters. The van der Waals surface area contributed by atoms with Gasteiger partial charge in [-0.2, -0.15) is 10.1 Å². The van der Waals surface area contributed by atoms with Crippen LogP contribution in [-0.4, -0.2) is 43.9 Å². The van der Waals surface area contributed by atoms with Crippen molar-refractivity contribution in [1.29, 1.82) is 0 Å². The smallest absolute Gasteiger partial charge is 0.317 e. The van der Waals surface area contributed by atoms with E-state index in [1.54, 1.807) is 13.1 Å². The quantitative estimate of drug-likeness (QED) is 0.735. The average Bonchev–Trinajstić information content (AvgIpc) is 3.39.